The van der Waals surface area contributed by atoms with Crippen LogP contribution in [0.1, 0.15) is 62.9 Å². The van der Waals surface area contributed by atoms with Crippen molar-refractivity contribution in [3.8, 4) is 5.75 Å². The van der Waals surface area contributed by atoms with E-state index in [0.29, 0.717) is 22.2 Å². The van der Waals surface area contributed by atoms with Gasteiger partial charge in [0.2, 0.25) is 10.0 Å². The molecule has 2 aromatic rings. The Hall–Kier alpha value is -1.86. The monoisotopic (exact) mass is 431 g/mol. The first-order valence-corrected chi connectivity index (χ1v) is 12.5. The lowest BCUT2D eigenvalue weighted by atomic mass is 10.0. The Morgan fingerprint density at radius 3 is 2.30 bits per heavy atom. The molecule has 2 aliphatic rings. The van der Waals surface area contributed by atoms with Crippen molar-refractivity contribution in [3.63, 3.8) is 0 Å². The number of hydrogen-bond acceptors (Lipinski definition) is 4. The number of H-pyrrole nitrogens is 1. The number of nitrogens with zero attached hydrogens (tertiary/aromatic N) is 2. The Morgan fingerprint density at radius 1 is 1.13 bits per heavy atom. The average molecular weight is 432 g/mol. The van der Waals surface area contributed by atoms with Crippen LogP contribution in [-0.2, 0) is 16.4 Å². The summed E-state index contributed by atoms with van der Waals surface area (Å²) in [5.74, 6) is 1.58. The van der Waals surface area contributed by atoms with E-state index in [0.717, 1.165) is 37.9 Å². The Bertz CT molecular complexity index is 948. The first kappa shape index (κ1) is 21.4. The van der Waals surface area contributed by atoms with Gasteiger partial charge in [-0.2, -0.15) is 9.40 Å². The number of aryl methyl sites for hydroxylation is 3. The van der Waals surface area contributed by atoms with Crippen molar-refractivity contribution >= 4 is 10.0 Å². The summed E-state index contributed by atoms with van der Waals surface area (Å²) < 4.78 is 34.8. The maximum Gasteiger partial charge on any atom is 0.247 e. The normalized spacial score (nSPS) is 24.5. The largest absolute Gasteiger partial charge is 0.490 e. The van der Waals surface area contributed by atoms with Crippen molar-refractivity contribution in [2.45, 2.75) is 89.3 Å². The number of nitrogens with one attached hydrogen (secondary N) is 1. The molecule has 6 nitrogen and oxygen atoms in total. The van der Waals surface area contributed by atoms with Gasteiger partial charge in [0.05, 0.1) is 11.4 Å². The second kappa shape index (κ2) is 8.35. The number of sulfonamides is 1. The Balaban J connectivity index is 1.43. The van der Waals surface area contributed by atoms with E-state index in [9.17, 15) is 8.42 Å². The van der Waals surface area contributed by atoms with E-state index in [2.05, 4.69) is 48.3 Å². The van der Waals surface area contributed by atoms with Gasteiger partial charge >= 0.3 is 0 Å². The van der Waals surface area contributed by atoms with E-state index in [1.54, 1.807) is 18.2 Å². The van der Waals surface area contributed by atoms with Crippen LogP contribution >= 0.6 is 0 Å². The molecule has 7 heteroatoms. The predicted molar refractivity (Wildman–Crippen MR) is 117 cm³/mol. The number of fused-ring (bicyclic) bond motifs is 2. The highest BCUT2D eigenvalue weighted by Gasteiger charge is 2.48. The molecule has 0 radical (unpaired) electrons. The van der Waals surface area contributed by atoms with Crippen LogP contribution < -0.4 is 4.74 Å². The van der Waals surface area contributed by atoms with E-state index < -0.39 is 10.0 Å². The van der Waals surface area contributed by atoms with Gasteiger partial charge < -0.3 is 4.74 Å². The highest BCUT2D eigenvalue weighted by Crippen LogP contribution is 2.41. The van der Waals surface area contributed by atoms with Crippen LogP contribution in [0, 0.1) is 19.8 Å². The van der Waals surface area contributed by atoms with Gasteiger partial charge in [-0.15, -0.1) is 0 Å². The first-order chi connectivity index (χ1) is 14.3. The Labute approximate surface area is 180 Å². The maximum atomic E-state index is 13.4. The summed E-state index contributed by atoms with van der Waals surface area (Å²) in [6.07, 6.45) is 5.60. The second-order valence-electron chi connectivity index (χ2n) is 9.27. The van der Waals surface area contributed by atoms with Crippen LogP contribution in [0.4, 0.5) is 0 Å². The van der Waals surface area contributed by atoms with Crippen LogP contribution in [0.15, 0.2) is 29.2 Å². The molecule has 1 N–H and O–H groups in total. The minimum Gasteiger partial charge on any atom is -0.490 e. The minimum absolute atomic E-state index is 0.00207. The summed E-state index contributed by atoms with van der Waals surface area (Å²) in [5, 5.41) is 6.91. The van der Waals surface area contributed by atoms with Gasteiger partial charge in [-0.3, -0.25) is 5.10 Å². The summed E-state index contributed by atoms with van der Waals surface area (Å²) in [4.78, 5) is 0.343. The smallest absolute Gasteiger partial charge is 0.247 e. The fourth-order valence-corrected chi connectivity index (χ4v) is 7.21. The lowest BCUT2D eigenvalue weighted by Crippen LogP contribution is -2.49. The zero-order chi connectivity index (χ0) is 21.5. The number of piperidine rings is 1. The summed E-state index contributed by atoms with van der Waals surface area (Å²) in [6, 6.07) is 8.40. The molecule has 2 aliphatic heterocycles. The highest BCUT2D eigenvalue weighted by atomic mass is 32.2. The zero-order valence-electron chi connectivity index (χ0n) is 18.4. The average Bonchev–Trinajstić information content (AvgIpc) is 3.18. The molecule has 3 heterocycles. The fraction of sp³-hybridized carbons (Fsp3) is 0.609. The molecule has 2 saturated heterocycles. The molecule has 4 rings (SSSR count). The lowest BCUT2D eigenvalue weighted by molar-refractivity contribution is 0.0956. The molecule has 2 atom stereocenters. The molecule has 0 spiro atoms. The van der Waals surface area contributed by atoms with Crippen LogP contribution in [-0.4, -0.2) is 41.1 Å². The quantitative estimate of drug-likeness (QED) is 0.706. The van der Waals surface area contributed by atoms with Gasteiger partial charge in [0.15, 0.2) is 0 Å². The SMILES string of the molecule is Cc1n[nH]c(C)c1S(=O)(=O)N1C2CCC1CC(Oc1ccc(CCC(C)C)cc1)C2. The van der Waals surface area contributed by atoms with E-state index in [1.165, 1.54) is 12.0 Å². The highest BCUT2D eigenvalue weighted by molar-refractivity contribution is 7.89. The number of hydrogen-bond donors (Lipinski definition) is 1. The Kier molecular flexibility index (Phi) is 5.95. The number of aromatic amines is 1. The molecule has 2 unspecified atom stereocenters. The third kappa shape index (κ3) is 4.14. The van der Waals surface area contributed by atoms with Crippen LogP contribution in [0.5, 0.6) is 5.75 Å². The summed E-state index contributed by atoms with van der Waals surface area (Å²) in [5.41, 5.74) is 2.49. The van der Waals surface area contributed by atoms with Gasteiger partial charge in [0.25, 0.3) is 0 Å². The van der Waals surface area contributed by atoms with Gasteiger partial charge in [-0.05, 0) is 63.1 Å². The van der Waals surface area contributed by atoms with Crippen molar-refractivity contribution in [2.24, 2.45) is 5.92 Å². The molecular weight excluding hydrogens is 398 g/mol. The third-order valence-corrected chi connectivity index (χ3v) is 8.72. The number of aromatic nitrogens is 2. The summed E-state index contributed by atoms with van der Waals surface area (Å²) in [6.45, 7) is 8.01. The maximum absolute atomic E-state index is 13.4. The predicted octanol–water partition coefficient (Wildman–Crippen LogP) is 4.38. The molecule has 0 aliphatic carbocycles. The lowest BCUT2D eigenvalue weighted by Gasteiger charge is -2.37. The van der Waals surface area contributed by atoms with E-state index in [1.807, 2.05) is 0 Å². The van der Waals surface area contributed by atoms with Crippen molar-refractivity contribution in [3.05, 3.63) is 41.2 Å². The number of ether oxygens (including phenoxy) is 1. The molecule has 1 aromatic heterocycles. The summed E-state index contributed by atoms with van der Waals surface area (Å²) in [7, 11) is -3.55. The minimum atomic E-state index is -3.55. The standard InChI is InChI=1S/C23H33N3O3S/c1-15(2)5-6-18-7-11-21(12-8-18)29-22-13-19-9-10-20(14-22)26(19)30(27,28)23-16(3)24-25-17(23)4/h7-8,11-12,15,19-20,22H,5-6,9-10,13-14H2,1-4H3,(H,24,25). The molecule has 30 heavy (non-hydrogen) atoms. The molecule has 0 amide bonds. The molecule has 164 valence electrons. The van der Waals surface area contributed by atoms with Crippen LogP contribution in [0.25, 0.3) is 0 Å². The van der Waals surface area contributed by atoms with Gasteiger partial charge in [0, 0.05) is 24.9 Å². The van der Waals surface area contributed by atoms with E-state index in [-0.39, 0.29) is 18.2 Å². The fourth-order valence-electron chi connectivity index (χ4n) is 4.98. The first-order valence-electron chi connectivity index (χ1n) is 11.1. The van der Waals surface area contributed by atoms with Gasteiger partial charge in [0.1, 0.15) is 16.7 Å². The van der Waals surface area contributed by atoms with Crippen molar-refractivity contribution in [1.82, 2.24) is 14.5 Å². The van der Waals surface area contributed by atoms with Crippen molar-refractivity contribution in [2.75, 3.05) is 0 Å². The summed E-state index contributed by atoms with van der Waals surface area (Å²) >= 11 is 0. The van der Waals surface area contributed by atoms with Crippen molar-refractivity contribution in [1.29, 1.82) is 0 Å². The molecule has 2 fully saturated rings. The molecular formula is C23H33N3O3S. The Morgan fingerprint density at radius 2 is 1.77 bits per heavy atom. The third-order valence-electron chi connectivity index (χ3n) is 6.46. The van der Waals surface area contributed by atoms with E-state index in [4.69, 9.17) is 4.74 Å². The van der Waals surface area contributed by atoms with Gasteiger partial charge in [-0.1, -0.05) is 26.0 Å². The van der Waals surface area contributed by atoms with E-state index >= 15 is 0 Å². The second-order valence-corrected chi connectivity index (χ2v) is 11.1. The zero-order valence-corrected chi connectivity index (χ0v) is 19.2. The van der Waals surface area contributed by atoms with Crippen LogP contribution in [0.3, 0.4) is 0 Å². The molecule has 0 saturated carbocycles. The van der Waals surface area contributed by atoms with Crippen LogP contribution in [0.2, 0.25) is 0 Å². The number of rotatable bonds is 7. The molecule has 1 aromatic carbocycles. The van der Waals surface area contributed by atoms with Gasteiger partial charge in [-0.25, -0.2) is 8.42 Å². The molecule has 2 bridgehead atoms. The topological polar surface area (TPSA) is 75.3 Å². The number of benzene rings is 1. The van der Waals surface area contributed by atoms with Crippen molar-refractivity contribution < 1.29 is 13.2 Å².